The molecule has 0 saturated carbocycles. The van der Waals surface area contributed by atoms with Crippen LogP contribution in [0.5, 0.6) is 0 Å². The maximum atomic E-state index is 12.5. The number of hydrogen-bond donors (Lipinski definition) is 2. The molecule has 7 heteroatoms. The predicted molar refractivity (Wildman–Crippen MR) is 101 cm³/mol. The fraction of sp³-hybridized carbons (Fsp3) is 0.211. The van der Waals surface area contributed by atoms with Crippen molar-refractivity contribution in [2.24, 2.45) is 0 Å². The second-order valence-corrected chi connectivity index (χ2v) is 6.46. The molecule has 6 nitrogen and oxygen atoms in total. The van der Waals surface area contributed by atoms with Gasteiger partial charge in [0.2, 0.25) is 17.7 Å². The van der Waals surface area contributed by atoms with E-state index in [9.17, 15) is 14.4 Å². The van der Waals surface area contributed by atoms with Crippen molar-refractivity contribution in [3.63, 3.8) is 0 Å². The molecule has 0 aromatic heterocycles. The third-order valence-corrected chi connectivity index (χ3v) is 4.50. The number of halogens is 1. The lowest BCUT2D eigenvalue weighted by molar-refractivity contribution is -0.124. The molecule has 0 unspecified atom stereocenters. The predicted octanol–water partition coefficient (Wildman–Crippen LogP) is 3.35. The van der Waals surface area contributed by atoms with Crippen LogP contribution in [-0.4, -0.2) is 24.3 Å². The highest BCUT2D eigenvalue weighted by atomic mass is 35.5. The number of anilines is 3. The van der Waals surface area contributed by atoms with Crippen molar-refractivity contribution in [1.29, 1.82) is 0 Å². The number of carbonyl (C=O) groups is 3. The van der Waals surface area contributed by atoms with Gasteiger partial charge in [-0.1, -0.05) is 29.8 Å². The summed E-state index contributed by atoms with van der Waals surface area (Å²) in [5.74, 6) is -0.812. The van der Waals surface area contributed by atoms with E-state index in [1.807, 2.05) is 13.0 Å². The molecular formula is C19H18ClN3O3. The molecule has 26 heavy (non-hydrogen) atoms. The SMILES string of the molecule is Cc1ccc(NC(=O)CCC(=O)N2CC(=O)Nc3ccccc32)cc1Cl. The first-order valence-corrected chi connectivity index (χ1v) is 8.57. The second kappa shape index (κ2) is 7.58. The van der Waals surface area contributed by atoms with Crippen molar-refractivity contribution in [2.45, 2.75) is 19.8 Å². The van der Waals surface area contributed by atoms with Crippen LogP contribution in [0.15, 0.2) is 42.5 Å². The number of hydrogen-bond acceptors (Lipinski definition) is 3. The molecule has 2 aromatic carbocycles. The second-order valence-electron chi connectivity index (χ2n) is 6.06. The van der Waals surface area contributed by atoms with Crippen LogP contribution in [0.3, 0.4) is 0 Å². The number of para-hydroxylation sites is 2. The molecule has 0 radical (unpaired) electrons. The normalized spacial score (nSPS) is 13.0. The number of amides is 3. The quantitative estimate of drug-likeness (QED) is 0.865. The van der Waals surface area contributed by atoms with E-state index in [4.69, 9.17) is 11.6 Å². The number of nitrogens with one attached hydrogen (secondary N) is 2. The third kappa shape index (κ3) is 4.03. The van der Waals surface area contributed by atoms with Crippen LogP contribution >= 0.6 is 11.6 Å². The molecule has 3 rings (SSSR count). The third-order valence-electron chi connectivity index (χ3n) is 4.09. The lowest BCUT2D eigenvalue weighted by atomic mass is 10.1. The number of benzene rings is 2. The van der Waals surface area contributed by atoms with Gasteiger partial charge in [-0.05, 0) is 36.8 Å². The van der Waals surface area contributed by atoms with E-state index in [1.54, 1.807) is 36.4 Å². The van der Waals surface area contributed by atoms with Crippen molar-refractivity contribution in [3.8, 4) is 0 Å². The summed E-state index contributed by atoms with van der Waals surface area (Å²) < 4.78 is 0. The molecule has 0 aliphatic carbocycles. The van der Waals surface area contributed by atoms with Crippen LogP contribution in [0.1, 0.15) is 18.4 Å². The number of rotatable bonds is 4. The van der Waals surface area contributed by atoms with Crippen LogP contribution < -0.4 is 15.5 Å². The Morgan fingerprint density at radius 2 is 1.96 bits per heavy atom. The Morgan fingerprint density at radius 1 is 1.19 bits per heavy atom. The lowest BCUT2D eigenvalue weighted by Gasteiger charge is -2.29. The van der Waals surface area contributed by atoms with Gasteiger partial charge in [0.1, 0.15) is 6.54 Å². The molecule has 2 N–H and O–H groups in total. The van der Waals surface area contributed by atoms with Crippen molar-refractivity contribution in [3.05, 3.63) is 53.1 Å². The molecule has 1 aliphatic rings. The number of nitrogens with zero attached hydrogens (tertiary/aromatic N) is 1. The Morgan fingerprint density at radius 3 is 2.73 bits per heavy atom. The fourth-order valence-electron chi connectivity index (χ4n) is 2.71. The maximum absolute atomic E-state index is 12.5. The molecule has 0 atom stereocenters. The zero-order valence-corrected chi connectivity index (χ0v) is 15.0. The average Bonchev–Trinajstić information content (AvgIpc) is 2.62. The zero-order valence-electron chi connectivity index (χ0n) is 14.2. The van der Waals surface area contributed by atoms with Crippen LogP contribution in [-0.2, 0) is 14.4 Å². The van der Waals surface area contributed by atoms with Crippen LogP contribution in [0.25, 0.3) is 0 Å². The first kappa shape index (κ1) is 17.9. The standard InChI is InChI=1S/C19H18ClN3O3/c1-12-6-7-13(10-14(12)20)21-17(24)8-9-19(26)23-11-18(25)22-15-4-2-3-5-16(15)23/h2-7,10H,8-9,11H2,1H3,(H,21,24)(H,22,25). The molecule has 0 fully saturated rings. The van der Waals surface area contributed by atoms with Gasteiger partial charge in [-0.2, -0.15) is 0 Å². The van der Waals surface area contributed by atoms with Gasteiger partial charge in [-0.25, -0.2) is 0 Å². The van der Waals surface area contributed by atoms with E-state index in [2.05, 4.69) is 10.6 Å². The van der Waals surface area contributed by atoms with Crippen molar-refractivity contribution in [1.82, 2.24) is 0 Å². The number of aryl methyl sites for hydroxylation is 1. The first-order valence-electron chi connectivity index (χ1n) is 8.19. The van der Waals surface area contributed by atoms with Gasteiger partial charge in [0, 0.05) is 23.6 Å². The topological polar surface area (TPSA) is 78.5 Å². The summed E-state index contributed by atoms with van der Waals surface area (Å²) in [6, 6.07) is 12.3. The molecular weight excluding hydrogens is 354 g/mol. The highest BCUT2D eigenvalue weighted by Gasteiger charge is 2.26. The molecule has 1 heterocycles. The monoisotopic (exact) mass is 371 g/mol. The Kier molecular flexibility index (Phi) is 5.23. The summed E-state index contributed by atoms with van der Waals surface area (Å²) in [5.41, 5.74) is 2.74. The minimum Gasteiger partial charge on any atom is -0.326 e. The number of carbonyl (C=O) groups excluding carboxylic acids is 3. The molecule has 0 bridgehead atoms. The van der Waals surface area contributed by atoms with E-state index in [0.717, 1.165) is 5.56 Å². The molecule has 0 saturated heterocycles. The Hall–Kier alpha value is -2.86. The van der Waals surface area contributed by atoms with Crippen LogP contribution in [0.4, 0.5) is 17.1 Å². The minimum atomic E-state index is -0.284. The van der Waals surface area contributed by atoms with Gasteiger partial charge in [-0.15, -0.1) is 0 Å². The van der Waals surface area contributed by atoms with E-state index >= 15 is 0 Å². The maximum Gasteiger partial charge on any atom is 0.244 e. The van der Waals surface area contributed by atoms with Crippen molar-refractivity contribution >= 4 is 46.4 Å². The van der Waals surface area contributed by atoms with E-state index < -0.39 is 0 Å². The Balaban J connectivity index is 1.61. The molecule has 2 aromatic rings. The van der Waals surface area contributed by atoms with E-state index in [1.165, 1.54) is 4.90 Å². The zero-order chi connectivity index (χ0) is 18.7. The Labute approximate surface area is 156 Å². The summed E-state index contributed by atoms with van der Waals surface area (Å²) in [6.45, 7) is 1.82. The molecule has 134 valence electrons. The van der Waals surface area contributed by atoms with Crippen LogP contribution in [0, 0.1) is 6.92 Å². The number of fused-ring (bicyclic) bond motifs is 1. The summed E-state index contributed by atoms with van der Waals surface area (Å²) >= 11 is 6.04. The largest absolute Gasteiger partial charge is 0.326 e. The van der Waals surface area contributed by atoms with E-state index in [-0.39, 0.29) is 37.1 Å². The summed E-state index contributed by atoms with van der Waals surface area (Å²) in [6.07, 6.45) is 0.0255. The lowest BCUT2D eigenvalue weighted by Crippen LogP contribution is -2.42. The molecule has 3 amide bonds. The van der Waals surface area contributed by atoms with Crippen molar-refractivity contribution in [2.75, 3.05) is 22.1 Å². The smallest absolute Gasteiger partial charge is 0.244 e. The summed E-state index contributed by atoms with van der Waals surface area (Å²) in [5, 5.41) is 6.01. The fourth-order valence-corrected chi connectivity index (χ4v) is 2.89. The minimum absolute atomic E-state index is 0.00699. The van der Waals surface area contributed by atoms with Gasteiger partial charge in [0.05, 0.1) is 11.4 Å². The van der Waals surface area contributed by atoms with Gasteiger partial charge >= 0.3 is 0 Å². The van der Waals surface area contributed by atoms with Gasteiger partial charge in [0.25, 0.3) is 0 Å². The van der Waals surface area contributed by atoms with Gasteiger partial charge < -0.3 is 15.5 Å². The molecule has 0 spiro atoms. The summed E-state index contributed by atoms with van der Waals surface area (Å²) in [7, 11) is 0. The highest BCUT2D eigenvalue weighted by Crippen LogP contribution is 2.29. The molecule has 1 aliphatic heterocycles. The van der Waals surface area contributed by atoms with Gasteiger partial charge in [0.15, 0.2) is 0 Å². The Bertz CT molecular complexity index is 882. The van der Waals surface area contributed by atoms with E-state index in [0.29, 0.717) is 22.1 Å². The van der Waals surface area contributed by atoms with Crippen molar-refractivity contribution < 1.29 is 14.4 Å². The van der Waals surface area contributed by atoms with Crippen LogP contribution in [0.2, 0.25) is 5.02 Å². The summed E-state index contributed by atoms with van der Waals surface area (Å²) in [4.78, 5) is 37.8. The van der Waals surface area contributed by atoms with Gasteiger partial charge in [-0.3, -0.25) is 14.4 Å². The average molecular weight is 372 g/mol. The highest BCUT2D eigenvalue weighted by molar-refractivity contribution is 6.31. The first-order chi connectivity index (χ1) is 12.4.